The summed E-state index contributed by atoms with van der Waals surface area (Å²) in [5.41, 5.74) is 2.67. The molecule has 30 heavy (non-hydrogen) atoms. The molecule has 1 aromatic heterocycles. The van der Waals surface area contributed by atoms with Crippen molar-refractivity contribution in [2.75, 3.05) is 13.1 Å². The van der Waals surface area contributed by atoms with Crippen molar-refractivity contribution in [3.8, 4) is 5.75 Å². The van der Waals surface area contributed by atoms with Gasteiger partial charge >= 0.3 is 0 Å². The van der Waals surface area contributed by atoms with E-state index in [1.165, 1.54) is 28.6 Å². The van der Waals surface area contributed by atoms with E-state index in [-0.39, 0.29) is 11.9 Å². The number of hydrogen-bond donors (Lipinski definition) is 1. The second-order valence-corrected chi connectivity index (χ2v) is 8.81. The van der Waals surface area contributed by atoms with Crippen LogP contribution in [-0.2, 0) is 13.1 Å². The molecule has 1 aliphatic carbocycles. The van der Waals surface area contributed by atoms with Gasteiger partial charge in [-0.3, -0.25) is 4.90 Å². The number of rotatable bonds is 5. The largest absolute Gasteiger partial charge is 0.488 e. The third-order valence-electron chi connectivity index (χ3n) is 6.90. The molecule has 2 fully saturated rings. The van der Waals surface area contributed by atoms with E-state index in [4.69, 9.17) is 4.74 Å². The summed E-state index contributed by atoms with van der Waals surface area (Å²) in [6.45, 7) is 6.15. The normalized spacial score (nSPS) is 26.8. The van der Waals surface area contributed by atoms with Gasteiger partial charge in [0.25, 0.3) is 0 Å². The first-order chi connectivity index (χ1) is 14.6. The van der Waals surface area contributed by atoms with E-state index in [0.29, 0.717) is 17.6 Å². The lowest BCUT2D eigenvalue weighted by atomic mass is 9.78. The van der Waals surface area contributed by atoms with Crippen LogP contribution in [0.25, 0.3) is 10.9 Å². The van der Waals surface area contributed by atoms with Crippen LogP contribution in [0.1, 0.15) is 25.3 Å². The number of halogens is 1. The van der Waals surface area contributed by atoms with Crippen molar-refractivity contribution in [1.29, 1.82) is 0 Å². The molecule has 0 unspecified atom stereocenters. The molecule has 2 aromatic carbocycles. The first-order valence-electron chi connectivity index (χ1n) is 11.0. The highest BCUT2D eigenvalue weighted by Crippen LogP contribution is 2.39. The Morgan fingerprint density at radius 2 is 1.80 bits per heavy atom. The number of aryl methyl sites for hydroxylation is 1. The smallest absolute Gasteiger partial charge is 0.125 e. The molecule has 2 aliphatic rings. The summed E-state index contributed by atoms with van der Waals surface area (Å²) in [6, 6.07) is 14.9. The molecule has 1 saturated carbocycles. The third kappa shape index (κ3) is 3.72. The molecule has 2 heterocycles. The predicted molar refractivity (Wildman–Crippen MR) is 116 cm³/mol. The van der Waals surface area contributed by atoms with E-state index in [1.807, 2.05) is 0 Å². The Hall–Kier alpha value is -2.37. The fourth-order valence-electron chi connectivity index (χ4n) is 5.37. The van der Waals surface area contributed by atoms with Crippen LogP contribution < -0.4 is 4.74 Å². The Morgan fingerprint density at radius 3 is 2.57 bits per heavy atom. The van der Waals surface area contributed by atoms with Gasteiger partial charge in [0.1, 0.15) is 17.7 Å². The van der Waals surface area contributed by atoms with Crippen LogP contribution in [0.5, 0.6) is 5.75 Å². The summed E-state index contributed by atoms with van der Waals surface area (Å²) in [4.78, 5) is 2.53. The molecule has 1 N–H and O–H groups in total. The Bertz CT molecular complexity index is 1020. The summed E-state index contributed by atoms with van der Waals surface area (Å²) in [5, 5.41) is 12.0. The van der Waals surface area contributed by atoms with Crippen molar-refractivity contribution in [3.05, 3.63) is 66.1 Å². The molecule has 4 atom stereocenters. The molecule has 1 aliphatic heterocycles. The minimum absolute atomic E-state index is 0.223. The Labute approximate surface area is 176 Å². The van der Waals surface area contributed by atoms with Crippen LogP contribution >= 0.6 is 0 Å². The zero-order valence-electron chi connectivity index (χ0n) is 17.4. The number of aliphatic hydroxyl groups excluding tert-OH is 1. The van der Waals surface area contributed by atoms with Crippen LogP contribution in [0.15, 0.2) is 54.7 Å². The number of aromatic nitrogens is 1. The van der Waals surface area contributed by atoms with Crippen molar-refractivity contribution in [3.63, 3.8) is 0 Å². The monoisotopic (exact) mass is 408 g/mol. The Kier molecular flexibility index (Phi) is 5.25. The predicted octanol–water partition coefficient (Wildman–Crippen LogP) is 4.45. The minimum atomic E-state index is -0.474. The van der Waals surface area contributed by atoms with Gasteiger partial charge < -0.3 is 14.4 Å². The number of aliphatic hydroxyl groups is 1. The lowest BCUT2D eigenvalue weighted by Crippen LogP contribution is -2.42. The van der Waals surface area contributed by atoms with Gasteiger partial charge in [-0.05, 0) is 73.6 Å². The molecule has 0 amide bonds. The molecule has 1 saturated heterocycles. The maximum absolute atomic E-state index is 13.1. The average Bonchev–Trinajstić information content (AvgIpc) is 3.33. The van der Waals surface area contributed by atoms with Gasteiger partial charge in [-0.2, -0.15) is 0 Å². The van der Waals surface area contributed by atoms with Gasteiger partial charge in [-0.25, -0.2) is 4.39 Å². The maximum atomic E-state index is 13.1. The standard InChI is InChI=1S/C25H29FN2O2/c1-2-28-11-10-22-17(4-3-5-23(22)28)14-27-15-18-12-24(29)25(13-19(18)16-27)30-21-8-6-20(26)7-9-21/h3-11,18-19,24-25,29H,2,12-16H2,1H3/t18-,19+,24+,25+/m0/s1. The van der Waals surface area contributed by atoms with E-state index < -0.39 is 6.10 Å². The van der Waals surface area contributed by atoms with Crippen molar-refractivity contribution in [2.24, 2.45) is 11.8 Å². The van der Waals surface area contributed by atoms with Crippen molar-refractivity contribution < 1.29 is 14.2 Å². The van der Waals surface area contributed by atoms with E-state index in [2.05, 4.69) is 46.9 Å². The molecule has 4 nitrogen and oxygen atoms in total. The van der Waals surface area contributed by atoms with Crippen molar-refractivity contribution >= 4 is 10.9 Å². The first kappa shape index (κ1) is 19.6. The van der Waals surface area contributed by atoms with Crippen LogP contribution in [-0.4, -0.2) is 39.9 Å². The van der Waals surface area contributed by atoms with Gasteiger partial charge in [0.15, 0.2) is 0 Å². The fraction of sp³-hybridized carbons (Fsp3) is 0.440. The Morgan fingerprint density at radius 1 is 1.03 bits per heavy atom. The second kappa shape index (κ2) is 8.05. The van der Waals surface area contributed by atoms with Crippen LogP contribution in [0, 0.1) is 17.7 Å². The molecule has 5 rings (SSSR count). The number of nitrogens with zero attached hydrogens (tertiary/aromatic N) is 2. The number of fused-ring (bicyclic) bond motifs is 2. The fourth-order valence-corrected chi connectivity index (χ4v) is 5.37. The van der Waals surface area contributed by atoms with Crippen LogP contribution in [0.3, 0.4) is 0 Å². The second-order valence-electron chi connectivity index (χ2n) is 8.81. The maximum Gasteiger partial charge on any atom is 0.125 e. The Balaban J connectivity index is 1.26. The van der Waals surface area contributed by atoms with E-state index in [9.17, 15) is 9.50 Å². The van der Waals surface area contributed by atoms with Crippen LogP contribution in [0.2, 0.25) is 0 Å². The highest BCUT2D eigenvalue weighted by molar-refractivity contribution is 5.83. The molecule has 5 heteroatoms. The summed E-state index contributed by atoms with van der Waals surface area (Å²) in [7, 11) is 0. The SMILES string of the molecule is CCn1ccc2c(CN3C[C@H]4C[C@@H](Oc5ccc(F)cc5)[C@H](O)C[C@H]4C3)cccc21. The highest BCUT2D eigenvalue weighted by atomic mass is 19.1. The summed E-state index contributed by atoms with van der Waals surface area (Å²) < 4.78 is 21.5. The number of hydrogen-bond acceptors (Lipinski definition) is 3. The van der Waals surface area contributed by atoms with E-state index in [0.717, 1.165) is 39.0 Å². The zero-order chi connectivity index (χ0) is 20.7. The number of ether oxygens (including phenoxy) is 1. The number of likely N-dealkylation sites (tertiary alicyclic amines) is 1. The lowest BCUT2D eigenvalue weighted by Gasteiger charge is -2.35. The average molecular weight is 409 g/mol. The van der Waals surface area contributed by atoms with Gasteiger partial charge in [-0.15, -0.1) is 0 Å². The van der Waals surface area contributed by atoms with Gasteiger partial charge in [0.05, 0.1) is 6.10 Å². The van der Waals surface area contributed by atoms with E-state index >= 15 is 0 Å². The first-order valence-corrected chi connectivity index (χ1v) is 11.0. The zero-order valence-corrected chi connectivity index (χ0v) is 17.4. The molecule has 158 valence electrons. The van der Waals surface area contributed by atoms with Crippen molar-refractivity contribution in [2.45, 2.75) is 45.1 Å². The van der Waals surface area contributed by atoms with E-state index in [1.54, 1.807) is 12.1 Å². The lowest BCUT2D eigenvalue weighted by molar-refractivity contribution is -0.0231. The quantitative estimate of drug-likeness (QED) is 0.678. The molecule has 0 spiro atoms. The van der Waals surface area contributed by atoms with Gasteiger partial charge in [0, 0.05) is 43.3 Å². The van der Waals surface area contributed by atoms with Crippen molar-refractivity contribution in [1.82, 2.24) is 9.47 Å². The number of benzene rings is 2. The molecular weight excluding hydrogens is 379 g/mol. The van der Waals surface area contributed by atoms with Gasteiger partial charge in [0.2, 0.25) is 0 Å². The molecule has 3 aromatic rings. The topological polar surface area (TPSA) is 37.6 Å². The summed E-state index contributed by atoms with van der Waals surface area (Å²) in [5.74, 6) is 1.38. The summed E-state index contributed by atoms with van der Waals surface area (Å²) >= 11 is 0. The molecule has 0 bridgehead atoms. The summed E-state index contributed by atoms with van der Waals surface area (Å²) in [6.07, 6.45) is 3.09. The van der Waals surface area contributed by atoms with Gasteiger partial charge in [-0.1, -0.05) is 12.1 Å². The third-order valence-corrected chi connectivity index (χ3v) is 6.90. The minimum Gasteiger partial charge on any atom is -0.488 e. The highest BCUT2D eigenvalue weighted by Gasteiger charge is 2.42. The molecular formula is C25H29FN2O2. The molecule has 0 radical (unpaired) electrons. The van der Waals surface area contributed by atoms with Crippen LogP contribution in [0.4, 0.5) is 4.39 Å².